The molecule has 2 amide bonds. The van der Waals surface area contributed by atoms with Crippen molar-refractivity contribution < 1.29 is 9.59 Å². The summed E-state index contributed by atoms with van der Waals surface area (Å²) in [6, 6.07) is 7.42. The third kappa shape index (κ3) is 3.80. The minimum Gasteiger partial charge on any atom is -0.338 e. The van der Waals surface area contributed by atoms with Crippen LogP contribution in [0.3, 0.4) is 0 Å². The van der Waals surface area contributed by atoms with Gasteiger partial charge < -0.3 is 9.80 Å². The standard InChI is InChI=1S/C17H23ClN2O2/c1-3-14-8-6-7-11-19(14)17(22)12-20(13(2)21)16-10-5-4-9-15(16)18/h4-5,9-10,14H,3,6-8,11-12H2,1-2H3. The minimum atomic E-state index is -0.175. The third-order valence-electron chi connectivity index (χ3n) is 4.24. The lowest BCUT2D eigenvalue weighted by molar-refractivity contribution is -0.134. The van der Waals surface area contributed by atoms with Crippen LogP contribution in [-0.4, -0.2) is 35.8 Å². The second-order valence-electron chi connectivity index (χ2n) is 5.70. The lowest BCUT2D eigenvalue weighted by atomic mass is 10.00. The van der Waals surface area contributed by atoms with Crippen LogP contribution in [0.1, 0.15) is 39.5 Å². The molecule has 1 aliphatic heterocycles. The van der Waals surface area contributed by atoms with Crippen LogP contribution >= 0.6 is 11.6 Å². The fraction of sp³-hybridized carbons (Fsp3) is 0.529. The highest BCUT2D eigenvalue weighted by molar-refractivity contribution is 6.33. The smallest absolute Gasteiger partial charge is 0.242 e. The summed E-state index contributed by atoms with van der Waals surface area (Å²) in [5.41, 5.74) is 0.593. The molecule has 5 heteroatoms. The second-order valence-corrected chi connectivity index (χ2v) is 6.11. The highest BCUT2D eigenvalue weighted by Crippen LogP contribution is 2.26. The second kappa shape index (κ2) is 7.63. The van der Waals surface area contributed by atoms with Crippen LogP contribution in [-0.2, 0) is 9.59 Å². The molecular formula is C17H23ClN2O2. The Morgan fingerprint density at radius 1 is 1.32 bits per heavy atom. The number of halogens is 1. The van der Waals surface area contributed by atoms with Crippen molar-refractivity contribution in [1.29, 1.82) is 0 Å². The molecule has 120 valence electrons. The molecular weight excluding hydrogens is 300 g/mol. The molecule has 1 saturated heterocycles. The molecule has 0 saturated carbocycles. The van der Waals surface area contributed by atoms with Gasteiger partial charge in [0.15, 0.2) is 0 Å². The molecule has 1 fully saturated rings. The van der Waals surface area contributed by atoms with Crippen molar-refractivity contribution in [3.8, 4) is 0 Å². The molecule has 1 aromatic carbocycles. The first-order chi connectivity index (χ1) is 10.5. The third-order valence-corrected chi connectivity index (χ3v) is 4.56. The summed E-state index contributed by atoms with van der Waals surface area (Å²) >= 11 is 6.17. The number of hydrogen-bond acceptors (Lipinski definition) is 2. The first-order valence-corrected chi connectivity index (χ1v) is 8.24. The number of anilines is 1. The normalized spacial score (nSPS) is 18.1. The SMILES string of the molecule is CCC1CCCCN1C(=O)CN(C(C)=O)c1ccccc1Cl. The van der Waals surface area contributed by atoms with E-state index < -0.39 is 0 Å². The molecule has 1 aromatic rings. The van der Waals surface area contributed by atoms with Crippen LogP contribution < -0.4 is 4.90 Å². The van der Waals surface area contributed by atoms with Crippen molar-refractivity contribution >= 4 is 29.1 Å². The van der Waals surface area contributed by atoms with Gasteiger partial charge in [0.25, 0.3) is 0 Å². The van der Waals surface area contributed by atoms with Gasteiger partial charge in [-0.1, -0.05) is 30.7 Å². The molecule has 22 heavy (non-hydrogen) atoms. The lowest BCUT2D eigenvalue weighted by Gasteiger charge is -2.36. The van der Waals surface area contributed by atoms with E-state index in [1.54, 1.807) is 12.1 Å². The molecule has 1 heterocycles. The Balaban J connectivity index is 2.16. The summed E-state index contributed by atoms with van der Waals surface area (Å²) in [5.74, 6) is -0.173. The molecule has 0 radical (unpaired) electrons. The zero-order chi connectivity index (χ0) is 16.1. The Kier molecular flexibility index (Phi) is 5.83. The molecule has 4 nitrogen and oxygen atoms in total. The van der Waals surface area contributed by atoms with Crippen molar-refractivity contribution in [1.82, 2.24) is 4.90 Å². The predicted molar refractivity (Wildman–Crippen MR) is 89.1 cm³/mol. The topological polar surface area (TPSA) is 40.6 Å². The summed E-state index contributed by atoms with van der Waals surface area (Å²) in [4.78, 5) is 28.0. The molecule has 0 aliphatic carbocycles. The number of rotatable bonds is 4. The predicted octanol–water partition coefficient (Wildman–Crippen LogP) is 3.48. The number of amides is 2. The van der Waals surface area contributed by atoms with Crippen molar-refractivity contribution in [2.75, 3.05) is 18.0 Å². The maximum absolute atomic E-state index is 12.7. The van der Waals surface area contributed by atoms with Gasteiger partial charge in [-0.25, -0.2) is 0 Å². The van der Waals surface area contributed by atoms with Gasteiger partial charge in [-0.05, 0) is 37.8 Å². The number of likely N-dealkylation sites (tertiary alicyclic amines) is 1. The van der Waals surface area contributed by atoms with Crippen LogP contribution in [0.4, 0.5) is 5.69 Å². The van der Waals surface area contributed by atoms with Gasteiger partial charge in [0.2, 0.25) is 11.8 Å². The van der Waals surface area contributed by atoms with Gasteiger partial charge in [-0.15, -0.1) is 0 Å². The van der Waals surface area contributed by atoms with E-state index in [4.69, 9.17) is 11.6 Å². The van der Waals surface area contributed by atoms with E-state index in [2.05, 4.69) is 6.92 Å². The van der Waals surface area contributed by atoms with E-state index in [1.807, 2.05) is 17.0 Å². The van der Waals surface area contributed by atoms with Gasteiger partial charge in [0.1, 0.15) is 6.54 Å². The number of carbonyl (C=O) groups excluding carboxylic acids is 2. The van der Waals surface area contributed by atoms with Crippen molar-refractivity contribution in [2.24, 2.45) is 0 Å². The largest absolute Gasteiger partial charge is 0.338 e. The van der Waals surface area contributed by atoms with Gasteiger partial charge in [-0.2, -0.15) is 0 Å². The Hall–Kier alpha value is -1.55. The maximum Gasteiger partial charge on any atom is 0.242 e. The van der Waals surface area contributed by atoms with Crippen LogP contribution in [0.25, 0.3) is 0 Å². The van der Waals surface area contributed by atoms with E-state index in [1.165, 1.54) is 18.2 Å². The minimum absolute atomic E-state index is 0.00155. The van der Waals surface area contributed by atoms with E-state index in [-0.39, 0.29) is 18.4 Å². The highest BCUT2D eigenvalue weighted by atomic mass is 35.5. The first-order valence-electron chi connectivity index (χ1n) is 7.86. The molecule has 0 bridgehead atoms. The Bertz CT molecular complexity index is 547. The number of carbonyl (C=O) groups is 2. The summed E-state index contributed by atoms with van der Waals surface area (Å²) in [6.45, 7) is 4.40. The van der Waals surface area contributed by atoms with Crippen molar-refractivity contribution in [2.45, 2.75) is 45.6 Å². The van der Waals surface area contributed by atoms with Crippen molar-refractivity contribution in [3.05, 3.63) is 29.3 Å². The molecule has 1 unspecified atom stereocenters. The number of para-hydroxylation sites is 1. The van der Waals surface area contributed by atoms with Crippen molar-refractivity contribution in [3.63, 3.8) is 0 Å². The van der Waals surface area contributed by atoms with E-state index in [0.29, 0.717) is 16.8 Å². The van der Waals surface area contributed by atoms with Gasteiger partial charge in [0, 0.05) is 19.5 Å². The Morgan fingerprint density at radius 2 is 2.05 bits per heavy atom. The summed E-state index contributed by atoms with van der Waals surface area (Å²) in [6.07, 6.45) is 4.21. The van der Waals surface area contributed by atoms with Gasteiger partial charge in [-0.3, -0.25) is 9.59 Å². The first kappa shape index (κ1) is 16.8. The molecule has 0 N–H and O–H groups in total. The summed E-state index contributed by atoms with van der Waals surface area (Å²) in [5, 5.41) is 0.483. The summed E-state index contributed by atoms with van der Waals surface area (Å²) in [7, 11) is 0. The van der Waals surface area contributed by atoms with Gasteiger partial charge >= 0.3 is 0 Å². The highest BCUT2D eigenvalue weighted by Gasteiger charge is 2.28. The number of nitrogens with zero attached hydrogens (tertiary/aromatic N) is 2. The molecule has 1 aliphatic rings. The quantitative estimate of drug-likeness (QED) is 0.851. The monoisotopic (exact) mass is 322 g/mol. The fourth-order valence-corrected chi connectivity index (χ4v) is 3.25. The Morgan fingerprint density at radius 3 is 2.68 bits per heavy atom. The molecule has 1 atom stereocenters. The van der Waals surface area contributed by atoms with Crippen LogP contribution in [0, 0.1) is 0 Å². The van der Waals surface area contributed by atoms with E-state index >= 15 is 0 Å². The van der Waals surface area contributed by atoms with Crippen LogP contribution in [0.15, 0.2) is 24.3 Å². The zero-order valence-corrected chi connectivity index (χ0v) is 14.0. The lowest BCUT2D eigenvalue weighted by Crippen LogP contribution is -2.48. The van der Waals surface area contributed by atoms with E-state index in [9.17, 15) is 9.59 Å². The number of piperidine rings is 1. The zero-order valence-electron chi connectivity index (χ0n) is 13.2. The van der Waals surface area contributed by atoms with E-state index in [0.717, 1.165) is 25.8 Å². The average molecular weight is 323 g/mol. The molecule has 2 rings (SSSR count). The molecule has 0 spiro atoms. The molecule has 0 aromatic heterocycles. The van der Waals surface area contributed by atoms with Gasteiger partial charge in [0.05, 0.1) is 10.7 Å². The maximum atomic E-state index is 12.7. The summed E-state index contributed by atoms with van der Waals surface area (Å²) < 4.78 is 0. The van der Waals surface area contributed by atoms with Crippen LogP contribution in [0.5, 0.6) is 0 Å². The fourth-order valence-electron chi connectivity index (χ4n) is 3.02. The Labute approximate surface area is 137 Å². The average Bonchev–Trinajstić information content (AvgIpc) is 2.53. The van der Waals surface area contributed by atoms with Crippen LogP contribution in [0.2, 0.25) is 5.02 Å². The number of hydrogen-bond donors (Lipinski definition) is 0. The number of benzene rings is 1.